The van der Waals surface area contributed by atoms with Crippen LogP contribution < -0.4 is 11.1 Å². The maximum Gasteiger partial charge on any atom is 0.245 e. The Morgan fingerprint density at radius 3 is 2.86 bits per heavy atom. The fraction of sp³-hybridized carbons (Fsp3) is 0.533. The molecule has 0 bridgehead atoms. The molecule has 4 nitrogen and oxygen atoms in total. The van der Waals surface area contributed by atoms with E-state index >= 15 is 0 Å². The lowest BCUT2D eigenvalue weighted by Gasteiger charge is -2.60. The Morgan fingerprint density at radius 2 is 2.14 bits per heavy atom. The second-order valence-electron chi connectivity index (χ2n) is 6.33. The molecule has 3 N–H and O–H groups in total. The van der Waals surface area contributed by atoms with Crippen LogP contribution in [0.2, 0.25) is 0 Å². The summed E-state index contributed by atoms with van der Waals surface area (Å²) in [5.41, 5.74) is 4.45. The molecule has 3 rings (SSSR count). The van der Waals surface area contributed by atoms with Crippen LogP contribution >= 0.6 is 0 Å². The van der Waals surface area contributed by atoms with Gasteiger partial charge in [-0.1, -0.05) is 19.9 Å². The van der Waals surface area contributed by atoms with Crippen LogP contribution in [-0.4, -0.2) is 24.2 Å². The third kappa shape index (κ3) is 1.75. The van der Waals surface area contributed by atoms with Gasteiger partial charge in [-0.15, -0.1) is 0 Å². The van der Waals surface area contributed by atoms with E-state index in [4.69, 9.17) is 10.5 Å². The molecule has 0 aromatic heterocycles. The van der Waals surface area contributed by atoms with Crippen molar-refractivity contribution in [1.82, 2.24) is 0 Å². The molecule has 1 aromatic carbocycles. The van der Waals surface area contributed by atoms with E-state index in [1.807, 2.05) is 13.8 Å². The molecule has 2 aliphatic rings. The van der Waals surface area contributed by atoms with E-state index in [1.54, 1.807) is 0 Å². The molecule has 2 fully saturated rings. The minimum absolute atomic E-state index is 0.0643. The van der Waals surface area contributed by atoms with Crippen molar-refractivity contribution in [3.05, 3.63) is 29.8 Å². The van der Waals surface area contributed by atoms with Gasteiger partial charge in [-0.2, -0.15) is 0 Å². The number of nitrogens with one attached hydrogen (secondary N) is 1. The zero-order valence-electron chi connectivity index (χ0n) is 12.0. The highest BCUT2D eigenvalue weighted by Crippen LogP contribution is 2.58. The fourth-order valence-electron chi connectivity index (χ4n) is 3.67. The number of carbonyl (C=O) groups is 1. The van der Waals surface area contributed by atoms with Crippen molar-refractivity contribution in [3.8, 4) is 0 Å². The van der Waals surface area contributed by atoms with E-state index in [2.05, 4.69) is 5.32 Å². The molecule has 1 aromatic rings. The molecule has 1 heterocycles. The second kappa shape index (κ2) is 4.48. The zero-order valence-corrected chi connectivity index (χ0v) is 12.0. The van der Waals surface area contributed by atoms with Crippen molar-refractivity contribution in [2.75, 3.05) is 11.9 Å². The molecule has 0 spiro atoms. The number of nitrogens with two attached hydrogens (primary N) is 1. The number of ether oxygens (including phenoxy) is 1. The van der Waals surface area contributed by atoms with E-state index < -0.39 is 28.5 Å². The standard InChI is InChI=1S/C15H18F2N2O2/c1-14(2)12-8(6-7-21-12)15(14,18)13(20)19-10-5-3-4-9(16)11(10)17/h3-5,8,12H,6-7,18H2,1-2H3,(H,19,20). The molecule has 21 heavy (non-hydrogen) atoms. The monoisotopic (exact) mass is 296 g/mol. The van der Waals surface area contributed by atoms with Crippen molar-refractivity contribution >= 4 is 11.6 Å². The van der Waals surface area contributed by atoms with Gasteiger partial charge >= 0.3 is 0 Å². The van der Waals surface area contributed by atoms with Crippen molar-refractivity contribution in [3.63, 3.8) is 0 Å². The Hall–Kier alpha value is -1.53. The predicted molar refractivity (Wildman–Crippen MR) is 73.5 cm³/mol. The summed E-state index contributed by atoms with van der Waals surface area (Å²) >= 11 is 0. The summed E-state index contributed by atoms with van der Waals surface area (Å²) in [7, 11) is 0. The number of anilines is 1. The number of rotatable bonds is 2. The van der Waals surface area contributed by atoms with Crippen LogP contribution in [0.5, 0.6) is 0 Å². The van der Waals surface area contributed by atoms with Gasteiger partial charge < -0.3 is 15.8 Å². The molecular weight excluding hydrogens is 278 g/mol. The lowest BCUT2D eigenvalue weighted by molar-refractivity contribution is -0.170. The van der Waals surface area contributed by atoms with Gasteiger partial charge in [0.2, 0.25) is 5.91 Å². The van der Waals surface area contributed by atoms with Crippen LogP contribution in [0.3, 0.4) is 0 Å². The number of fused-ring (bicyclic) bond motifs is 1. The quantitative estimate of drug-likeness (QED) is 0.878. The lowest BCUT2D eigenvalue weighted by Crippen LogP contribution is -2.79. The Labute approximate surface area is 121 Å². The van der Waals surface area contributed by atoms with Gasteiger partial charge in [0.15, 0.2) is 11.6 Å². The number of benzene rings is 1. The van der Waals surface area contributed by atoms with Crippen molar-refractivity contribution in [1.29, 1.82) is 0 Å². The number of amides is 1. The smallest absolute Gasteiger partial charge is 0.245 e. The molecule has 1 saturated carbocycles. The molecule has 1 amide bonds. The Morgan fingerprint density at radius 1 is 1.43 bits per heavy atom. The van der Waals surface area contributed by atoms with Crippen molar-refractivity contribution in [2.45, 2.75) is 31.9 Å². The van der Waals surface area contributed by atoms with Gasteiger partial charge in [-0.25, -0.2) is 8.78 Å². The van der Waals surface area contributed by atoms with Gasteiger partial charge in [-0.05, 0) is 18.6 Å². The van der Waals surface area contributed by atoms with Crippen molar-refractivity contribution in [2.24, 2.45) is 17.1 Å². The predicted octanol–water partition coefficient (Wildman–Crippen LogP) is 2.05. The van der Waals surface area contributed by atoms with Gasteiger partial charge in [-0.3, -0.25) is 4.79 Å². The third-order valence-electron chi connectivity index (χ3n) is 5.03. The minimum atomic E-state index is -1.15. The maximum atomic E-state index is 13.7. The number of hydrogen-bond donors (Lipinski definition) is 2. The molecule has 1 aliphatic heterocycles. The van der Waals surface area contributed by atoms with Crippen LogP contribution in [0.15, 0.2) is 18.2 Å². The zero-order chi connectivity index (χ0) is 15.4. The maximum absolute atomic E-state index is 13.7. The average molecular weight is 296 g/mol. The van der Waals surface area contributed by atoms with E-state index in [9.17, 15) is 13.6 Å². The Balaban J connectivity index is 1.87. The van der Waals surface area contributed by atoms with Gasteiger partial charge in [0.25, 0.3) is 0 Å². The van der Waals surface area contributed by atoms with Crippen LogP contribution in [0.25, 0.3) is 0 Å². The first kappa shape index (κ1) is 14.4. The summed E-state index contributed by atoms with van der Waals surface area (Å²) in [6.07, 6.45) is 0.634. The van der Waals surface area contributed by atoms with E-state index in [-0.39, 0.29) is 17.7 Å². The molecule has 0 radical (unpaired) electrons. The van der Waals surface area contributed by atoms with Crippen LogP contribution in [0.4, 0.5) is 14.5 Å². The van der Waals surface area contributed by atoms with Crippen LogP contribution in [0.1, 0.15) is 20.3 Å². The first-order valence-electron chi connectivity index (χ1n) is 6.96. The third-order valence-corrected chi connectivity index (χ3v) is 5.03. The lowest BCUT2D eigenvalue weighted by atomic mass is 9.48. The highest BCUT2D eigenvalue weighted by atomic mass is 19.2. The number of carbonyl (C=O) groups excluding carboxylic acids is 1. The minimum Gasteiger partial charge on any atom is -0.377 e. The summed E-state index contributed by atoms with van der Waals surface area (Å²) < 4.78 is 32.5. The van der Waals surface area contributed by atoms with Gasteiger partial charge in [0, 0.05) is 17.9 Å². The van der Waals surface area contributed by atoms with Crippen LogP contribution in [0, 0.1) is 23.0 Å². The van der Waals surface area contributed by atoms with Crippen molar-refractivity contribution < 1.29 is 18.3 Å². The Bertz CT molecular complexity index is 605. The highest BCUT2D eigenvalue weighted by Gasteiger charge is 2.71. The molecule has 114 valence electrons. The number of halogens is 2. The van der Waals surface area contributed by atoms with E-state index in [0.717, 1.165) is 6.07 Å². The topological polar surface area (TPSA) is 64.3 Å². The first-order valence-corrected chi connectivity index (χ1v) is 6.96. The average Bonchev–Trinajstić information content (AvgIpc) is 2.91. The summed E-state index contributed by atoms with van der Waals surface area (Å²) in [5.74, 6) is -2.67. The van der Waals surface area contributed by atoms with E-state index in [0.29, 0.717) is 13.0 Å². The molecule has 1 saturated heterocycles. The largest absolute Gasteiger partial charge is 0.377 e. The molecular formula is C15H18F2N2O2. The van der Waals surface area contributed by atoms with Gasteiger partial charge in [0.1, 0.15) is 5.54 Å². The van der Waals surface area contributed by atoms with E-state index in [1.165, 1.54) is 12.1 Å². The first-order chi connectivity index (χ1) is 9.80. The summed E-state index contributed by atoms with van der Waals surface area (Å²) in [4.78, 5) is 12.6. The summed E-state index contributed by atoms with van der Waals surface area (Å²) in [5, 5.41) is 2.43. The molecule has 1 aliphatic carbocycles. The normalized spacial score (nSPS) is 33.2. The summed E-state index contributed by atoms with van der Waals surface area (Å²) in [6.45, 7) is 4.29. The second-order valence-corrected chi connectivity index (χ2v) is 6.33. The number of hydrogen-bond acceptors (Lipinski definition) is 3. The molecule has 3 atom stereocenters. The van der Waals surface area contributed by atoms with Crippen LogP contribution in [-0.2, 0) is 9.53 Å². The summed E-state index contributed by atoms with van der Waals surface area (Å²) in [6, 6.07) is 3.65. The van der Waals surface area contributed by atoms with Gasteiger partial charge in [0.05, 0.1) is 11.8 Å². The Kier molecular flexibility index (Phi) is 3.07. The fourth-order valence-corrected chi connectivity index (χ4v) is 3.67. The SMILES string of the molecule is CC1(C)C2OCCC2C1(N)C(=O)Nc1cccc(F)c1F. The highest BCUT2D eigenvalue weighted by molar-refractivity contribution is 6.00. The molecule has 6 heteroatoms. The molecule has 3 unspecified atom stereocenters.